The Morgan fingerprint density at radius 1 is 1.50 bits per heavy atom. The predicted octanol–water partition coefficient (Wildman–Crippen LogP) is 2.63. The van der Waals surface area contributed by atoms with Crippen molar-refractivity contribution < 1.29 is 13.9 Å². The van der Waals surface area contributed by atoms with Gasteiger partial charge >= 0.3 is 6.03 Å². The Labute approximate surface area is 128 Å². The molecule has 1 aromatic heterocycles. The summed E-state index contributed by atoms with van der Waals surface area (Å²) in [6.45, 7) is 1.76. The monoisotopic (exact) mass is 305 g/mol. The Balaban J connectivity index is 1.57. The van der Waals surface area contributed by atoms with Gasteiger partial charge in [-0.1, -0.05) is 0 Å². The quantitative estimate of drug-likeness (QED) is 0.912. The molecule has 0 saturated carbocycles. The van der Waals surface area contributed by atoms with Crippen molar-refractivity contribution in [3.63, 3.8) is 0 Å². The maximum Gasteiger partial charge on any atom is 0.317 e. The molecule has 1 saturated heterocycles. The van der Waals surface area contributed by atoms with Crippen LogP contribution < -0.4 is 5.32 Å². The lowest BCUT2D eigenvalue weighted by Gasteiger charge is -2.18. The van der Waals surface area contributed by atoms with Crippen molar-refractivity contribution in [2.75, 3.05) is 20.2 Å². The Bertz CT molecular complexity index is 664. The third-order valence-electron chi connectivity index (χ3n) is 3.90. The van der Waals surface area contributed by atoms with Crippen LogP contribution in [0.3, 0.4) is 0 Å². The van der Waals surface area contributed by atoms with Gasteiger partial charge in [-0.15, -0.1) is 0 Å². The average molecular weight is 305 g/mol. The van der Waals surface area contributed by atoms with E-state index in [1.54, 1.807) is 18.0 Å². The van der Waals surface area contributed by atoms with Gasteiger partial charge in [-0.3, -0.25) is 0 Å². The molecule has 0 radical (unpaired) electrons. The van der Waals surface area contributed by atoms with E-state index < -0.39 is 0 Å². The lowest BCUT2D eigenvalue weighted by atomic mass is 10.2. The highest BCUT2D eigenvalue weighted by Crippen LogP contribution is 2.17. The summed E-state index contributed by atoms with van der Waals surface area (Å²) in [5, 5.41) is 3.68. The number of nitrogens with one attached hydrogen (secondary N) is 2. The number of hydrogen-bond acceptors (Lipinski definition) is 2. The van der Waals surface area contributed by atoms with Crippen molar-refractivity contribution in [3.05, 3.63) is 35.8 Å². The summed E-state index contributed by atoms with van der Waals surface area (Å²) in [4.78, 5) is 16.8. The maximum absolute atomic E-state index is 13.2. The molecule has 3 rings (SSSR count). The van der Waals surface area contributed by atoms with E-state index in [1.807, 2.05) is 6.07 Å². The molecule has 2 amide bonds. The molecular weight excluding hydrogens is 285 g/mol. The highest BCUT2D eigenvalue weighted by molar-refractivity contribution is 5.80. The van der Waals surface area contributed by atoms with E-state index in [-0.39, 0.29) is 18.0 Å². The van der Waals surface area contributed by atoms with Crippen LogP contribution in [0.2, 0.25) is 0 Å². The predicted molar refractivity (Wildman–Crippen MR) is 82.1 cm³/mol. The Kier molecular flexibility index (Phi) is 4.29. The van der Waals surface area contributed by atoms with E-state index in [4.69, 9.17) is 4.74 Å². The number of nitrogens with zero attached hydrogens (tertiary/aromatic N) is 1. The fourth-order valence-corrected chi connectivity index (χ4v) is 2.72. The number of urea groups is 1. The van der Waals surface area contributed by atoms with Crippen LogP contribution in [0, 0.1) is 5.82 Å². The molecule has 1 atom stereocenters. The second-order valence-electron chi connectivity index (χ2n) is 5.70. The van der Waals surface area contributed by atoms with Crippen molar-refractivity contribution in [2.24, 2.45) is 0 Å². The van der Waals surface area contributed by atoms with Crippen molar-refractivity contribution >= 4 is 16.9 Å². The van der Waals surface area contributed by atoms with E-state index in [2.05, 4.69) is 10.3 Å². The third-order valence-corrected chi connectivity index (χ3v) is 3.90. The van der Waals surface area contributed by atoms with Crippen molar-refractivity contribution in [2.45, 2.75) is 25.5 Å². The van der Waals surface area contributed by atoms with Crippen LogP contribution in [-0.4, -0.2) is 42.2 Å². The molecule has 2 heterocycles. The zero-order valence-electron chi connectivity index (χ0n) is 12.6. The normalized spacial score (nSPS) is 17.8. The van der Waals surface area contributed by atoms with Gasteiger partial charge in [0.15, 0.2) is 0 Å². The highest BCUT2D eigenvalue weighted by atomic mass is 19.1. The minimum Gasteiger partial charge on any atom is -0.376 e. The molecule has 1 aromatic carbocycles. The fraction of sp³-hybridized carbons (Fsp3) is 0.438. The summed E-state index contributed by atoms with van der Waals surface area (Å²) in [7, 11) is 1.73. The van der Waals surface area contributed by atoms with Gasteiger partial charge < -0.3 is 19.9 Å². The molecule has 1 aliphatic rings. The van der Waals surface area contributed by atoms with Crippen molar-refractivity contribution in [1.29, 1.82) is 0 Å². The number of hydrogen-bond donors (Lipinski definition) is 2. The molecule has 1 aliphatic heterocycles. The van der Waals surface area contributed by atoms with Crippen molar-refractivity contribution in [1.82, 2.24) is 15.2 Å². The molecule has 0 spiro atoms. The molecular formula is C16H20FN3O2. The largest absolute Gasteiger partial charge is 0.376 e. The molecule has 22 heavy (non-hydrogen) atoms. The lowest BCUT2D eigenvalue weighted by Crippen LogP contribution is -2.40. The third kappa shape index (κ3) is 3.39. The van der Waals surface area contributed by atoms with Gasteiger partial charge in [0.1, 0.15) is 5.82 Å². The SMILES string of the molecule is CN(Cc1cc2cc(F)ccc2[nH]1)C(=O)NC[C@@H]1CCCO1. The second kappa shape index (κ2) is 6.36. The van der Waals surface area contributed by atoms with Gasteiger partial charge in [-0.2, -0.15) is 0 Å². The van der Waals surface area contributed by atoms with Gasteiger partial charge in [0.25, 0.3) is 0 Å². The molecule has 5 nitrogen and oxygen atoms in total. The summed E-state index contributed by atoms with van der Waals surface area (Å²) >= 11 is 0. The Morgan fingerprint density at radius 3 is 3.14 bits per heavy atom. The smallest absolute Gasteiger partial charge is 0.317 e. The van der Waals surface area contributed by atoms with Gasteiger partial charge in [0, 0.05) is 36.8 Å². The molecule has 0 bridgehead atoms. The molecule has 0 aliphatic carbocycles. The van der Waals surface area contributed by atoms with Gasteiger partial charge in [0.05, 0.1) is 12.6 Å². The first-order valence-electron chi connectivity index (χ1n) is 7.49. The number of aromatic amines is 1. The number of amides is 2. The number of ether oxygens (including phenoxy) is 1. The zero-order valence-corrected chi connectivity index (χ0v) is 12.6. The molecule has 118 valence electrons. The van der Waals surface area contributed by atoms with Gasteiger partial charge in [0.2, 0.25) is 0 Å². The molecule has 6 heteroatoms. The van der Waals surface area contributed by atoms with Crippen LogP contribution in [0.15, 0.2) is 24.3 Å². The molecule has 0 unspecified atom stereocenters. The van der Waals surface area contributed by atoms with Crippen LogP contribution in [0.25, 0.3) is 10.9 Å². The van der Waals surface area contributed by atoms with E-state index in [1.165, 1.54) is 12.1 Å². The topological polar surface area (TPSA) is 57.4 Å². The summed E-state index contributed by atoms with van der Waals surface area (Å²) in [6, 6.07) is 6.32. The number of benzene rings is 1. The van der Waals surface area contributed by atoms with E-state index in [0.29, 0.717) is 13.1 Å². The zero-order chi connectivity index (χ0) is 15.5. The van der Waals surface area contributed by atoms with Crippen LogP contribution in [-0.2, 0) is 11.3 Å². The van der Waals surface area contributed by atoms with Crippen LogP contribution >= 0.6 is 0 Å². The van der Waals surface area contributed by atoms with E-state index in [9.17, 15) is 9.18 Å². The number of carbonyl (C=O) groups is 1. The highest BCUT2D eigenvalue weighted by Gasteiger charge is 2.17. The van der Waals surface area contributed by atoms with E-state index >= 15 is 0 Å². The summed E-state index contributed by atoms with van der Waals surface area (Å²) < 4.78 is 18.7. The second-order valence-corrected chi connectivity index (χ2v) is 5.70. The standard InChI is InChI=1S/C16H20FN3O2/c1-20(16(21)18-9-14-3-2-6-22-14)10-13-8-11-7-12(17)4-5-15(11)19-13/h4-5,7-8,14,19H,2-3,6,9-10H2,1H3,(H,18,21)/t14-/m0/s1. The fourth-order valence-electron chi connectivity index (χ4n) is 2.72. The minimum atomic E-state index is -0.263. The molecule has 2 N–H and O–H groups in total. The number of carbonyl (C=O) groups excluding carboxylic acids is 1. The number of fused-ring (bicyclic) bond motifs is 1. The first-order valence-corrected chi connectivity index (χ1v) is 7.49. The first kappa shape index (κ1) is 14.8. The number of halogens is 1. The van der Waals surface area contributed by atoms with Gasteiger partial charge in [-0.05, 0) is 37.1 Å². The number of rotatable bonds is 4. The molecule has 2 aromatic rings. The van der Waals surface area contributed by atoms with Crippen molar-refractivity contribution in [3.8, 4) is 0 Å². The molecule has 1 fully saturated rings. The van der Waals surface area contributed by atoms with Gasteiger partial charge in [-0.25, -0.2) is 9.18 Å². The van der Waals surface area contributed by atoms with Crippen LogP contribution in [0.4, 0.5) is 9.18 Å². The Hall–Kier alpha value is -2.08. The van der Waals surface area contributed by atoms with Crippen LogP contribution in [0.5, 0.6) is 0 Å². The average Bonchev–Trinajstić information content (AvgIpc) is 3.12. The number of aromatic nitrogens is 1. The first-order chi connectivity index (χ1) is 10.6. The summed E-state index contributed by atoms with van der Waals surface area (Å²) in [5.74, 6) is -0.263. The van der Waals surface area contributed by atoms with Crippen LogP contribution in [0.1, 0.15) is 18.5 Å². The minimum absolute atomic E-state index is 0.133. The lowest BCUT2D eigenvalue weighted by molar-refractivity contribution is 0.109. The number of H-pyrrole nitrogens is 1. The summed E-state index contributed by atoms with van der Waals surface area (Å²) in [5.41, 5.74) is 1.74. The maximum atomic E-state index is 13.2. The summed E-state index contributed by atoms with van der Waals surface area (Å²) in [6.07, 6.45) is 2.19. The van der Waals surface area contributed by atoms with E-state index in [0.717, 1.165) is 36.0 Å². The Morgan fingerprint density at radius 2 is 2.36 bits per heavy atom.